The van der Waals surface area contributed by atoms with Crippen LogP contribution in [-0.4, -0.2) is 26.9 Å². The predicted octanol–water partition coefficient (Wildman–Crippen LogP) is 2.41. The minimum Gasteiger partial charge on any atom is -0.354 e. The first-order valence-corrected chi connectivity index (χ1v) is 6.23. The average Bonchev–Trinajstić information content (AvgIpc) is 2.88. The summed E-state index contributed by atoms with van der Waals surface area (Å²) < 4.78 is 1.66. The van der Waals surface area contributed by atoms with Crippen molar-refractivity contribution in [2.45, 2.75) is 6.54 Å². The fraction of sp³-hybridized carbons (Fsp3) is 0.154. The van der Waals surface area contributed by atoms with Gasteiger partial charge in [0.15, 0.2) is 5.65 Å². The molecule has 5 nitrogen and oxygen atoms in total. The molecule has 0 aliphatic carbocycles. The van der Waals surface area contributed by atoms with E-state index < -0.39 is 0 Å². The van der Waals surface area contributed by atoms with Gasteiger partial charge in [0.1, 0.15) is 12.1 Å². The third-order valence-electron chi connectivity index (χ3n) is 2.87. The van der Waals surface area contributed by atoms with E-state index in [4.69, 9.17) is 11.6 Å². The molecule has 0 saturated carbocycles. The van der Waals surface area contributed by atoms with E-state index in [0.717, 1.165) is 23.0 Å². The molecule has 0 fully saturated rings. The number of nitrogens with zero attached hydrogens (tertiary/aromatic N) is 5. The SMILES string of the molecule is CN(Cc1ccc(Cl)cc1)c1ccc2nncn2n1. The van der Waals surface area contributed by atoms with Gasteiger partial charge in [0.2, 0.25) is 0 Å². The molecule has 0 unspecified atom stereocenters. The second-order valence-corrected chi connectivity index (χ2v) is 4.74. The minimum atomic E-state index is 0.739. The van der Waals surface area contributed by atoms with Crippen molar-refractivity contribution >= 4 is 23.1 Å². The van der Waals surface area contributed by atoms with Crippen LogP contribution in [0.1, 0.15) is 5.56 Å². The smallest absolute Gasteiger partial charge is 0.177 e. The van der Waals surface area contributed by atoms with Crippen molar-refractivity contribution in [3.63, 3.8) is 0 Å². The van der Waals surface area contributed by atoms with Crippen molar-refractivity contribution in [1.29, 1.82) is 0 Å². The lowest BCUT2D eigenvalue weighted by molar-refractivity contribution is 0.838. The quantitative estimate of drug-likeness (QED) is 0.735. The summed E-state index contributed by atoms with van der Waals surface area (Å²) in [4.78, 5) is 2.06. The zero-order valence-electron chi connectivity index (χ0n) is 10.4. The van der Waals surface area contributed by atoms with E-state index in [0.29, 0.717) is 0 Å². The van der Waals surface area contributed by atoms with Crippen LogP contribution in [0.15, 0.2) is 42.7 Å². The zero-order chi connectivity index (χ0) is 13.2. The Hall–Kier alpha value is -2.14. The fourth-order valence-corrected chi connectivity index (χ4v) is 1.99. The summed E-state index contributed by atoms with van der Waals surface area (Å²) >= 11 is 5.87. The maximum absolute atomic E-state index is 5.87. The van der Waals surface area contributed by atoms with Gasteiger partial charge in [0.25, 0.3) is 0 Å². The monoisotopic (exact) mass is 273 g/mol. The first kappa shape index (κ1) is 11.9. The second kappa shape index (κ2) is 4.85. The van der Waals surface area contributed by atoms with E-state index in [9.17, 15) is 0 Å². The van der Waals surface area contributed by atoms with Crippen LogP contribution in [0.2, 0.25) is 5.02 Å². The minimum absolute atomic E-state index is 0.739. The third-order valence-corrected chi connectivity index (χ3v) is 3.12. The van der Waals surface area contributed by atoms with E-state index in [2.05, 4.69) is 20.2 Å². The van der Waals surface area contributed by atoms with Crippen molar-refractivity contribution in [2.75, 3.05) is 11.9 Å². The molecule has 2 aromatic heterocycles. The van der Waals surface area contributed by atoms with Gasteiger partial charge < -0.3 is 4.90 Å². The van der Waals surface area contributed by atoms with Crippen LogP contribution < -0.4 is 4.90 Å². The molecule has 3 aromatic rings. The molecule has 6 heteroatoms. The normalized spacial score (nSPS) is 10.8. The third kappa shape index (κ3) is 2.51. The van der Waals surface area contributed by atoms with Gasteiger partial charge in [0, 0.05) is 18.6 Å². The van der Waals surface area contributed by atoms with Crippen molar-refractivity contribution in [1.82, 2.24) is 19.8 Å². The standard InChI is InChI=1S/C13H12ClN5/c1-18(8-10-2-4-11(14)5-3-10)13-7-6-12-16-15-9-19(12)17-13/h2-7,9H,8H2,1H3. The number of hydrogen-bond acceptors (Lipinski definition) is 4. The Balaban J connectivity index is 1.82. The molecule has 0 aliphatic heterocycles. The summed E-state index contributed by atoms with van der Waals surface area (Å²) in [6.07, 6.45) is 1.59. The molecule has 0 amide bonds. The number of halogens is 1. The first-order valence-electron chi connectivity index (χ1n) is 5.85. The summed E-state index contributed by atoms with van der Waals surface area (Å²) in [6, 6.07) is 11.6. The second-order valence-electron chi connectivity index (χ2n) is 4.31. The molecule has 0 radical (unpaired) electrons. The van der Waals surface area contributed by atoms with E-state index in [-0.39, 0.29) is 0 Å². The van der Waals surface area contributed by atoms with Crippen LogP contribution in [0.25, 0.3) is 5.65 Å². The summed E-state index contributed by atoms with van der Waals surface area (Å²) in [6.45, 7) is 0.762. The zero-order valence-corrected chi connectivity index (χ0v) is 11.1. The van der Waals surface area contributed by atoms with Crippen LogP contribution in [0.5, 0.6) is 0 Å². The van der Waals surface area contributed by atoms with E-state index in [1.807, 2.05) is 43.4 Å². The summed E-state index contributed by atoms with van der Waals surface area (Å²) in [5.74, 6) is 0.863. The molecule has 0 bridgehead atoms. The largest absolute Gasteiger partial charge is 0.354 e. The number of fused-ring (bicyclic) bond motifs is 1. The lowest BCUT2D eigenvalue weighted by Gasteiger charge is -2.17. The van der Waals surface area contributed by atoms with E-state index in [1.54, 1.807) is 10.8 Å². The molecule has 0 atom stereocenters. The highest BCUT2D eigenvalue weighted by atomic mass is 35.5. The van der Waals surface area contributed by atoms with Gasteiger partial charge in [-0.1, -0.05) is 23.7 Å². The fourth-order valence-electron chi connectivity index (χ4n) is 1.87. The molecular formula is C13H12ClN5. The van der Waals surface area contributed by atoms with Gasteiger partial charge in [-0.15, -0.1) is 15.3 Å². The highest BCUT2D eigenvalue weighted by Crippen LogP contribution is 2.15. The van der Waals surface area contributed by atoms with Crippen LogP contribution in [0.3, 0.4) is 0 Å². The highest BCUT2D eigenvalue weighted by Gasteiger charge is 2.05. The molecule has 3 rings (SSSR count). The number of hydrogen-bond donors (Lipinski definition) is 0. The lowest BCUT2D eigenvalue weighted by Crippen LogP contribution is -2.18. The molecule has 0 saturated heterocycles. The van der Waals surface area contributed by atoms with Crippen LogP contribution in [0, 0.1) is 0 Å². The predicted molar refractivity (Wildman–Crippen MR) is 74.3 cm³/mol. The van der Waals surface area contributed by atoms with Gasteiger partial charge in [-0.2, -0.15) is 4.52 Å². The number of anilines is 1. The topological polar surface area (TPSA) is 46.3 Å². The molecule has 1 aromatic carbocycles. The Labute approximate surface area is 115 Å². The van der Waals surface area contributed by atoms with Crippen molar-refractivity contribution in [2.24, 2.45) is 0 Å². The number of benzene rings is 1. The van der Waals surface area contributed by atoms with Gasteiger partial charge in [-0.05, 0) is 29.8 Å². The highest BCUT2D eigenvalue weighted by molar-refractivity contribution is 6.30. The lowest BCUT2D eigenvalue weighted by atomic mass is 10.2. The molecule has 96 valence electrons. The summed E-state index contributed by atoms with van der Waals surface area (Å²) in [7, 11) is 1.99. The maximum atomic E-state index is 5.87. The first-order chi connectivity index (χ1) is 9.22. The Morgan fingerprint density at radius 1 is 1.16 bits per heavy atom. The van der Waals surface area contributed by atoms with Crippen LogP contribution in [-0.2, 0) is 6.54 Å². The molecule has 2 heterocycles. The van der Waals surface area contributed by atoms with E-state index >= 15 is 0 Å². The number of aromatic nitrogens is 4. The number of rotatable bonds is 3. The van der Waals surface area contributed by atoms with Crippen LogP contribution in [0.4, 0.5) is 5.82 Å². The van der Waals surface area contributed by atoms with Crippen LogP contribution >= 0.6 is 11.6 Å². The Morgan fingerprint density at radius 3 is 2.74 bits per heavy atom. The van der Waals surface area contributed by atoms with Crippen molar-refractivity contribution in [3.8, 4) is 0 Å². The molecule has 19 heavy (non-hydrogen) atoms. The Morgan fingerprint density at radius 2 is 1.95 bits per heavy atom. The molecule has 0 aliphatic rings. The van der Waals surface area contributed by atoms with Gasteiger partial charge in [-0.25, -0.2) is 0 Å². The maximum Gasteiger partial charge on any atom is 0.177 e. The molecular weight excluding hydrogens is 262 g/mol. The summed E-state index contributed by atoms with van der Waals surface area (Å²) in [5, 5.41) is 12.9. The van der Waals surface area contributed by atoms with Crippen molar-refractivity contribution in [3.05, 3.63) is 53.3 Å². The Bertz CT molecular complexity index is 692. The Kier molecular flexibility index (Phi) is 3.05. The molecule has 0 N–H and O–H groups in total. The van der Waals surface area contributed by atoms with Gasteiger partial charge >= 0.3 is 0 Å². The summed E-state index contributed by atoms with van der Waals surface area (Å²) in [5.41, 5.74) is 1.92. The van der Waals surface area contributed by atoms with Gasteiger partial charge in [-0.3, -0.25) is 0 Å². The average molecular weight is 274 g/mol. The van der Waals surface area contributed by atoms with Crippen molar-refractivity contribution < 1.29 is 0 Å². The molecule has 0 spiro atoms. The van der Waals surface area contributed by atoms with Gasteiger partial charge in [0.05, 0.1) is 0 Å². The van der Waals surface area contributed by atoms with E-state index in [1.165, 1.54) is 5.56 Å².